The van der Waals surface area contributed by atoms with Gasteiger partial charge in [0.05, 0.1) is 5.57 Å². The third-order valence-corrected chi connectivity index (χ3v) is 2.41. The smallest absolute Gasteiger partial charge is 0.325 e. The number of amides is 2. The number of hydrogen-bond donors (Lipinski definition) is 0. The Kier molecular flexibility index (Phi) is 3.52. The predicted molar refractivity (Wildman–Crippen MR) is 62.7 cm³/mol. The normalized spacial score (nSPS) is 26.9. The molecule has 0 bridgehead atoms. The van der Waals surface area contributed by atoms with Gasteiger partial charge < -0.3 is 4.84 Å². The van der Waals surface area contributed by atoms with Gasteiger partial charge in [0.1, 0.15) is 0 Å². The quantitative estimate of drug-likeness (QED) is 0.686. The number of carbonyl (C=O) groups is 3. The van der Waals surface area contributed by atoms with Crippen molar-refractivity contribution < 1.29 is 19.2 Å². The van der Waals surface area contributed by atoms with Crippen LogP contribution in [0.5, 0.6) is 0 Å². The minimum absolute atomic E-state index is 0.0869. The van der Waals surface area contributed by atoms with E-state index in [1.165, 1.54) is 0 Å². The fourth-order valence-corrected chi connectivity index (χ4v) is 1.50. The van der Waals surface area contributed by atoms with E-state index in [4.69, 9.17) is 4.84 Å². The number of hydrogen-bond acceptors (Lipinski definition) is 4. The van der Waals surface area contributed by atoms with Gasteiger partial charge in [0.15, 0.2) is 0 Å². The summed E-state index contributed by atoms with van der Waals surface area (Å²) in [6, 6.07) is 0. The molecule has 1 saturated heterocycles. The Hall–Kier alpha value is -2.43. The molecule has 0 N–H and O–H groups in total. The van der Waals surface area contributed by atoms with E-state index in [2.05, 4.69) is 0 Å². The van der Waals surface area contributed by atoms with Crippen LogP contribution in [-0.4, -0.2) is 22.8 Å². The molecule has 0 aromatic rings. The largest absolute Gasteiger partial charge is 0.363 e. The van der Waals surface area contributed by atoms with Crippen molar-refractivity contribution in [3.63, 3.8) is 0 Å². The van der Waals surface area contributed by atoms with E-state index in [0.29, 0.717) is 5.06 Å². The molecule has 2 amide bonds. The van der Waals surface area contributed by atoms with E-state index in [9.17, 15) is 14.4 Å². The standard InChI is InChI=1S/C13H11NO4/c15-11-8-9-12(16)14(11)18-13(17)10-6-4-2-1-3-5-7-10/h1-7H,8-9H2/b2-1-,3-1?,4-2?,5-3-,6-4-,7-5?,10-6?,10-7+. The molecule has 5 heteroatoms. The van der Waals surface area contributed by atoms with E-state index < -0.39 is 17.8 Å². The maximum Gasteiger partial charge on any atom is 0.363 e. The predicted octanol–water partition coefficient (Wildman–Crippen LogP) is 1.20. The van der Waals surface area contributed by atoms with E-state index in [-0.39, 0.29) is 18.4 Å². The molecule has 1 aliphatic heterocycles. The lowest BCUT2D eigenvalue weighted by atomic mass is 10.2. The third-order valence-electron chi connectivity index (χ3n) is 2.41. The van der Waals surface area contributed by atoms with Gasteiger partial charge in [-0.3, -0.25) is 9.59 Å². The Bertz CT molecular complexity index is 495. The first kappa shape index (κ1) is 12.0. The van der Waals surface area contributed by atoms with E-state index in [1.54, 1.807) is 36.5 Å². The third kappa shape index (κ3) is 2.63. The number of nitrogens with zero attached hydrogens (tertiary/aromatic N) is 1. The molecule has 0 saturated carbocycles. The highest BCUT2D eigenvalue weighted by atomic mass is 16.7. The molecule has 2 aliphatic rings. The van der Waals surface area contributed by atoms with Crippen LogP contribution in [0.3, 0.4) is 0 Å². The molecule has 0 unspecified atom stereocenters. The molecule has 0 aromatic carbocycles. The first-order valence-electron chi connectivity index (χ1n) is 5.48. The highest BCUT2D eigenvalue weighted by Gasteiger charge is 2.33. The SMILES string of the molecule is O=C(ON1C(=O)CCC1=O)C1=C/C=C\C=C/C=C\1. The average Bonchev–Trinajstić information content (AvgIpc) is 2.60. The number of hydroxylamine groups is 2. The van der Waals surface area contributed by atoms with Crippen molar-refractivity contribution in [2.75, 3.05) is 0 Å². The van der Waals surface area contributed by atoms with Crippen molar-refractivity contribution in [2.24, 2.45) is 0 Å². The van der Waals surface area contributed by atoms with Crippen LogP contribution in [0.25, 0.3) is 0 Å². The molecular weight excluding hydrogens is 234 g/mol. The summed E-state index contributed by atoms with van der Waals surface area (Å²) in [5.74, 6) is -1.70. The second-order valence-corrected chi connectivity index (χ2v) is 3.71. The van der Waals surface area contributed by atoms with E-state index in [1.807, 2.05) is 6.08 Å². The van der Waals surface area contributed by atoms with Crippen molar-refractivity contribution in [3.05, 3.63) is 48.1 Å². The lowest BCUT2D eigenvalue weighted by molar-refractivity contribution is -0.194. The van der Waals surface area contributed by atoms with Crippen molar-refractivity contribution in [1.82, 2.24) is 5.06 Å². The van der Waals surface area contributed by atoms with Gasteiger partial charge in [0.25, 0.3) is 11.8 Å². The van der Waals surface area contributed by atoms with Gasteiger partial charge in [-0.05, 0) is 12.2 Å². The fourth-order valence-electron chi connectivity index (χ4n) is 1.50. The van der Waals surface area contributed by atoms with Gasteiger partial charge in [-0.15, -0.1) is 5.06 Å². The minimum atomic E-state index is -0.727. The van der Waals surface area contributed by atoms with Crippen LogP contribution in [0.4, 0.5) is 0 Å². The first-order valence-corrected chi connectivity index (χ1v) is 5.48. The van der Waals surface area contributed by atoms with Crippen molar-refractivity contribution >= 4 is 17.8 Å². The maximum absolute atomic E-state index is 11.8. The maximum atomic E-state index is 11.8. The number of allylic oxidation sites excluding steroid dienone is 6. The lowest BCUT2D eigenvalue weighted by Crippen LogP contribution is -2.32. The van der Waals surface area contributed by atoms with Crippen molar-refractivity contribution in [2.45, 2.75) is 12.8 Å². The number of carbonyl (C=O) groups excluding carboxylic acids is 3. The molecule has 18 heavy (non-hydrogen) atoms. The molecular formula is C13H11NO4. The summed E-state index contributed by atoms with van der Waals surface area (Å²) in [5, 5.41) is 0.537. The van der Waals surface area contributed by atoms with Crippen molar-refractivity contribution in [1.29, 1.82) is 0 Å². The van der Waals surface area contributed by atoms with Gasteiger partial charge >= 0.3 is 5.97 Å². The summed E-state index contributed by atoms with van der Waals surface area (Å²) in [5.41, 5.74) is 0.267. The Morgan fingerprint density at radius 2 is 1.61 bits per heavy atom. The molecule has 0 aromatic heterocycles. The van der Waals surface area contributed by atoms with Crippen LogP contribution in [0, 0.1) is 0 Å². The highest BCUT2D eigenvalue weighted by Crippen LogP contribution is 2.14. The summed E-state index contributed by atoms with van der Waals surface area (Å²) in [7, 11) is 0. The fraction of sp³-hybridized carbons (Fsp3) is 0.154. The van der Waals surface area contributed by atoms with Gasteiger partial charge in [-0.2, -0.15) is 0 Å². The zero-order valence-electron chi connectivity index (χ0n) is 9.54. The number of rotatable bonds is 2. The van der Waals surface area contributed by atoms with Crippen molar-refractivity contribution in [3.8, 4) is 0 Å². The van der Waals surface area contributed by atoms with Gasteiger partial charge in [-0.1, -0.05) is 30.4 Å². The summed E-state index contributed by atoms with van der Waals surface area (Å²) in [4.78, 5) is 39.1. The first-order chi connectivity index (χ1) is 8.68. The summed E-state index contributed by atoms with van der Waals surface area (Å²) >= 11 is 0. The topological polar surface area (TPSA) is 63.7 Å². The van der Waals surface area contributed by atoms with E-state index in [0.717, 1.165) is 0 Å². The molecule has 0 spiro atoms. The van der Waals surface area contributed by atoms with Crippen LogP contribution in [0.1, 0.15) is 12.8 Å². The second kappa shape index (κ2) is 5.27. The summed E-state index contributed by atoms with van der Waals surface area (Å²) in [6.07, 6.45) is 11.9. The Morgan fingerprint density at radius 3 is 2.33 bits per heavy atom. The zero-order valence-corrected chi connectivity index (χ0v) is 9.54. The Morgan fingerprint density at radius 1 is 1.00 bits per heavy atom. The minimum Gasteiger partial charge on any atom is -0.325 e. The van der Waals surface area contributed by atoms with Crippen LogP contribution >= 0.6 is 0 Å². The molecule has 0 atom stereocenters. The zero-order chi connectivity index (χ0) is 13.0. The second-order valence-electron chi connectivity index (χ2n) is 3.71. The highest BCUT2D eigenvalue weighted by molar-refractivity contribution is 6.03. The number of imide groups is 1. The molecule has 5 nitrogen and oxygen atoms in total. The lowest BCUT2D eigenvalue weighted by Gasteiger charge is -2.12. The average molecular weight is 245 g/mol. The van der Waals surface area contributed by atoms with Gasteiger partial charge in [0.2, 0.25) is 0 Å². The summed E-state index contributed by atoms with van der Waals surface area (Å²) in [6.45, 7) is 0. The molecule has 92 valence electrons. The van der Waals surface area contributed by atoms with E-state index >= 15 is 0 Å². The summed E-state index contributed by atoms with van der Waals surface area (Å²) < 4.78 is 0. The Balaban J connectivity index is 2.08. The molecule has 1 aliphatic carbocycles. The van der Waals surface area contributed by atoms with Crippen LogP contribution in [-0.2, 0) is 19.2 Å². The Labute approximate surface area is 104 Å². The van der Waals surface area contributed by atoms with Crippen LogP contribution < -0.4 is 0 Å². The van der Waals surface area contributed by atoms with Crippen LogP contribution in [0.2, 0.25) is 0 Å². The molecule has 1 fully saturated rings. The molecule has 2 rings (SSSR count). The van der Waals surface area contributed by atoms with Crippen LogP contribution in [0.15, 0.2) is 48.1 Å². The van der Waals surface area contributed by atoms with Gasteiger partial charge in [-0.25, -0.2) is 4.79 Å². The molecule has 0 radical (unpaired) electrons. The molecule has 1 heterocycles. The monoisotopic (exact) mass is 245 g/mol. The van der Waals surface area contributed by atoms with Gasteiger partial charge in [0, 0.05) is 12.8 Å².